The summed E-state index contributed by atoms with van der Waals surface area (Å²) in [6.45, 7) is 4.89. The summed E-state index contributed by atoms with van der Waals surface area (Å²) in [5.74, 6) is -6.73. The van der Waals surface area contributed by atoms with E-state index in [-0.39, 0.29) is 49.0 Å². The number of hydrogen-bond donors (Lipinski definition) is 2. The van der Waals surface area contributed by atoms with Crippen molar-refractivity contribution in [3.63, 3.8) is 0 Å². The quantitative estimate of drug-likeness (QED) is 0.348. The predicted octanol–water partition coefficient (Wildman–Crippen LogP) is 3.72. The van der Waals surface area contributed by atoms with Gasteiger partial charge in [0.15, 0.2) is 5.82 Å². The lowest BCUT2D eigenvalue weighted by Gasteiger charge is -2.34. The lowest BCUT2D eigenvalue weighted by molar-refractivity contribution is -0.183. The minimum absolute atomic E-state index is 0.105. The van der Waals surface area contributed by atoms with Gasteiger partial charge in [0.2, 0.25) is 11.8 Å². The fourth-order valence-electron chi connectivity index (χ4n) is 6.89. The maximum atomic E-state index is 14.7. The average Bonchev–Trinajstić information content (AvgIpc) is 3.66. The Morgan fingerprint density at radius 2 is 2.09 bits per heavy atom. The van der Waals surface area contributed by atoms with Crippen LogP contribution in [-0.4, -0.2) is 85.6 Å². The van der Waals surface area contributed by atoms with Crippen LogP contribution in [0.5, 0.6) is 0 Å². The van der Waals surface area contributed by atoms with Gasteiger partial charge in [0, 0.05) is 57.6 Å². The van der Waals surface area contributed by atoms with Gasteiger partial charge >= 0.3 is 6.18 Å². The Morgan fingerprint density at radius 1 is 1.28 bits per heavy atom. The van der Waals surface area contributed by atoms with Crippen LogP contribution in [0.2, 0.25) is 0 Å². The maximum absolute atomic E-state index is 14.7. The van der Waals surface area contributed by atoms with Crippen molar-refractivity contribution in [2.45, 2.75) is 83.2 Å². The second-order valence-electron chi connectivity index (χ2n) is 12.7. The largest absolute Gasteiger partial charge is 0.393 e. The van der Waals surface area contributed by atoms with Crippen LogP contribution in [0.15, 0.2) is 18.5 Å². The molecule has 2 saturated heterocycles. The lowest BCUT2D eigenvalue weighted by Crippen LogP contribution is -2.47. The summed E-state index contributed by atoms with van der Waals surface area (Å²) in [5.41, 5.74) is 0.846. The zero-order valence-electron chi connectivity index (χ0n) is 26.1. The van der Waals surface area contributed by atoms with E-state index < -0.39 is 60.7 Å². The minimum Gasteiger partial charge on any atom is -0.375 e. The number of alkyl halides is 5. The van der Waals surface area contributed by atoms with Gasteiger partial charge in [0.1, 0.15) is 11.4 Å². The van der Waals surface area contributed by atoms with Crippen molar-refractivity contribution in [3.05, 3.63) is 35.5 Å². The van der Waals surface area contributed by atoms with Crippen molar-refractivity contribution in [3.8, 4) is 0 Å². The molecule has 0 aromatic carbocycles. The van der Waals surface area contributed by atoms with E-state index in [1.807, 2.05) is 18.7 Å². The molecule has 2 N–H and O–H groups in total. The molecule has 1 saturated carbocycles. The molecule has 0 radical (unpaired) electrons. The Morgan fingerprint density at radius 3 is 2.81 bits per heavy atom. The number of imidazole rings is 1. The average molecular weight is 668 g/mol. The molecule has 12 nitrogen and oxygen atoms in total. The molecule has 3 aromatic rings. The number of carbonyl (C=O) groups excluding carboxylic acids is 2. The molecule has 2 amide bonds. The molecule has 0 unspecified atom stereocenters. The molecule has 3 aromatic heterocycles. The van der Waals surface area contributed by atoms with Crippen molar-refractivity contribution >= 4 is 23.4 Å². The zero-order chi connectivity index (χ0) is 33.5. The number of amides is 2. The number of piperidine rings is 1. The Balaban J connectivity index is 1.38. The van der Waals surface area contributed by atoms with Crippen LogP contribution in [0.25, 0.3) is 5.78 Å². The van der Waals surface area contributed by atoms with E-state index >= 15 is 0 Å². The molecule has 0 bridgehead atoms. The fraction of sp³-hybridized carbons (Fsp3) is 0.667. The van der Waals surface area contributed by atoms with Crippen LogP contribution in [0.1, 0.15) is 73.9 Å². The summed E-state index contributed by atoms with van der Waals surface area (Å²) in [7, 11) is 0. The van der Waals surface area contributed by atoms with Gasteiger partial charge in [-0.3, -0.25) is 14.3 Å². The monoisotopic (exact) mass is 667 g/mol. The fourth-order valence-corrected chi connectivity index (χ4v) is 6.89. The Labute approximate surface area is 267 Å². The number of aromatic nitrogens is 6. The summed E-state index contributed by atoms with van der Waals surface area (Å²) in [6.07, 6.45) is -2.11. The highest BCUT2D eigenvalue weighted by Gasteiger charge is 2.45. The van der Waals surface area contributed by atoms with E-state index in [1.165, 1.54) is 21.6 Å². The lowest BCUT2D eigenvalue weighted by atomic mass is 9.80. The van der Waals surface area contributed by atoms with Gasteiger partial charge in [-0.25, -0.2) is 18.3 Å². The number of carbonyl (C=O) groups is 2. The highest BCUT2D eigenvalue weighted by Crippen LogP contribution is 2.42. The van der Waals surface area contributed by atoms with Crippen LogP contribution < -0.4 is 15.5 Å². The first-order valence-corrected chi connectivity index (χ1v) is 16.0. The van der Waals surface area contributed by atoms with Gasteiger partial charge in [-0.15, -0.1) is 0 Å². The smallest absolute Gasteiger partial charge is 0.375 e. The Bertz CT molecular complexity index is 1610. The SMILES string of the molecule is CCn1nccc1C(=O)N[C@H](c1cn2nc(C[C@H]3C[C@H](C(F)(F)F)CNC3=O)c(N3CCO[C@@H](C)C3)nc2n1)[C@@H]1CCCC(F)(F)C1. The summed E-state index contributed by atoms with van der Waals surface area (Å²) in [5, 5.41) is 14.1. The second kappa shape index (κ2) is 13.0. The summed E-state index contributed by atoms with van der Waals surface area (Å²) < 4.78 is 78.7. The third-order valence-corrected chi connectivity index (χ3v) is 9.29. The molecular weight excluding hydrogens is 629 g/mol. The summed E-state index contributed by atoms with van der Waals surface area (Å²) >= 11 is 0. The van der Waals surface area contributed by atoms with E-state index in [0.29, 0.717) is 44.2 Å². The minimum atomic E-state index is -4.46. The number of rotatable bonds is 8. The number of morpholine rings is 1. The van der Waals surface area contributed by atoms with Gasteiger partial charge in [0.25, 0.3) is 11.7 Å². The highest BCUT2D eigenvalue weighted by atomic mass is 19.4. The molecule has 5 atom stereocenters. The van der Waals surface area contributed by atoms with E-state index in [0.717, 1.165) is 0 Å². The third kappa shape index (κ3) is 7.18. The summed E-state index contributed by atoms with van der Waals surface area (Å²) in [6, 6.07) is 0.634. The van der Waals surface area contributed by atoms with Crippen LogP contribution in [0, 0.1) is 17.8 Å². The molecule has 47 heavy (non-hydrogen) atoms. The van der Waals surface area contributed by atoms with Crippen LogP contribution >= 0.6 is 0 Å². The highest BCUT2D eigenvalue weighted by molar-refractivity contribution is 5.92. The number of ether oxygens (including phenoxy) is 1. The molecule has 2 aliphatic heterocycles. The van der Waals surface area contributed by atoms with Crippen molar-refractivity contribution in [1.29, 1.82) is 0 Å². The molecular formula is C30H38F5N9O3. The molecule has 5 heterocycles. The number of halogens is 5. The standard InChI is InChI=1S/C30H38F5N9O3/c1-3-43-23(6-8-37-43)27(46)39-24(18-5-4-7-29(31,32)13-18)22-16-44-28(38-22)40-25(42-9-10-47-17(2)15-42)21(41-44)12-19-11-20(30(33,34)35)14-36-26(19)45/h6,8,16-20,24H,3-5,7,9-15H2,1-2H3,(H,36,45)(H,39,46)/t17-,18+,19+,20-,24-/m0/s1. The van der Waals surface area contributed by atoms with Crippen LogP contribution in [-0.2, 0) is 22.5 Å². The van der Waals surface area contributed by atoms with E-state index in [2.05, 4.69) is 20.7 Å². The first kappa shape index (κ1) is 33.0. The van der Waals surface area contributed by atoms with Crippen molar-refractivity contribution in [1.82, 2.24) is 40.0 Å². The first-order chi connectivity index (χ1) is 22.3. The van der Waals surface area contributed by atoms with Gasteiger partial charge in [-0.1, -0.05) is 0 Å². The van der Waals surface area contributed by atoms with Gasteiger partial charge < -0.3 is 20.3 Å². The number of nitrogens with zero attached hydrogens (tertiary/aromatic N) is 7. The molecule has 17 heteroatoms. The topological polar surface area (TPSA) is 132 Å². The van der Waals surface area contributed by atoms with Crippen LogP contribution in [0.3, 0.4) is 0 Å². The number of aryl methyl sites for hydroxylation is 1. The molecule has 3 fully saturated rings. The van der Waals surface area contributed by atoms with E-state index in [1.54, 1.807) is 6.07 Å². The number of anilines is 1. The molecule has 0 spiro atoms. The summed E-state index contributed by atoms with van der Waals surface area (Å²) in [4.78, 5) is 37.5. The maximum Gasteiger partial charge on any atom is 0.393 e. The van der Waals surface area contributed by atoms with Crippen LogP contribution in [0.4, 0.5) is 27.8 Å². The Hall–Kier alpha value is -3.89. The van der Waals surface area contributed by atoms with Crippen molar-refractivity contribution < 1.29 is 36.3 Å². The number of fused-ring (bicyclic) bond motifs is 1. The van der Waals surface area contributed by atoms with Gasteiger partial charge in [-0.05, 0) is 45.1 Å². The molecule has 3 aliphatic rings. The zero-order valence-corrected chi connectivity index (χ0v) is 26.1. The molecule has 6 rings (SSSR count). The second-order valence-corrected chi connectivity index (χ2v) is 12.7. The molecule has 1 aliphatic carbocycles. The Kier molecular flexibility index (Phi) is 9.11. The first-order valence-electron chi connectivity index (χ1n) is 16.0. The predicted molar refractivity (Wildman–Crippen MR) is 158 cm³/mol. The van der Waals surface area contributed by atoms with E-state index in [9.17, 15) is 31.5 Å². The van der Waals surface area contributed by atoms with Gasteiger partial charge in [0.05, 0.1) is 36.6 Å². The molecule has 256 valence electrons. The van der Waals surface area contributed by atoms with E-state index in [4.69, 9.17) is 14.8 Å². The number of nitrogens with one attached hydrogen (secondary N) is 2. The van der Waals surface area contributed by atoms with Crippen molar-refractivity contribution in [2.24, 2.45) is 17.8 Å². The third-order valence-electron chi connectivity index (χ3n) is 9.29. The van der Waals surface area contributed by atoms with Crippen molar-refractivity contribution in [2.75, 3.05) is 31.1 Å². The van der Waals surface area contributed by atoms with Gasteiger partial charge in [-0.2, -0.15) is 28.4 Å². The normalized spacial score (nSPS) is 25.9. The number of hydrogen-bond acceptors (Lipinski definition) is 8.